The quantitative estimate of drug-likeness (QED) is 0.665. The van der Waals surface area contributed by atoms with Gasteiger partial charge in [-0.05, 0) is 20.3 Å². The fourth-order valence-electron chi connectivity index (χ4n) is 2.31. The molecule has 0 saturated carbocycles. The maximum absolute atomic E-state index is 13.4. The van der Waals surface area contributed by atoms with E-state index >= 15 is 0 Å². The van der Waals surface area contributed by atoms with Crippen molar-refractivity contribution in [1.29, 1.82) is 0 Å². The first-order chi connectivity index (χ1) is 6.47. The van der Waals surface area contributed by atoms with Crippen LogP contribution in [-0.2, 0) is 9.53 Å². The van der Waals surface area contributed by atoms with E-state index in [1.54, 1.807) is 13.8 Å². The van der Waals surface area contributed by atoms with Crippen LogP contribution < -0.4 is 0 Å². The summed E-state index contributed by atoms with van der Waals surface area (Å²) in [5, 5.41) is 8.94. The lowest BCUT2D eigenvalue weighted by atomic mass is 10.1. The lowest BCUT2D eigenvalue weighted by Crippen LogP contribution is -2.44. The summed E-state index contributed by atoms with van der Waals surface area (Å²) in [4.78, 5) is 13.1. The van der Waals surface area contributed by atoms with Crippen molar-refractivity contribution in [1.82, 2.24) is 4.90 Å². The van der Waals surface area contributed by atoms with E-state index < -0.39 is 24.0 Å². The van der Waals surface area contributed by atoms with Gasteiger partial charge >= 0.3 is 0 Å². The number of aliphatic hydroxyl groups excluding tert-OH is 1. The van der Waals surface area contributed by atoms with Crippen molar-refractivity contribution in [3.05, 3.63) is 0 Å². The number of amides is 1. The van der Waals surface area contributed by atoms with E-state index in [0.717, 1.165) is 0 Å². The summed E-state index contributed by atoms with van der Waals surface area (Å²) in [6.07, 6.45) is -1.08. The van der Waals surface area contributed by atoms with Gasteiger partial charge in [-0.2, -0.15) is 0 Å². The largest absolute Gasteiger partial charge is 0.396 e. The summed E-state index contributed by atoms with van der Waals surface area (Å²) < 4.78 is 18.4. The third-order valence-corrected chi connectivity index (χ3v) is 2.95. The van der Waals surface area contributed by atoms with Crippen molar-refractivity contribution in [3.63, 3.8) is 0 Å². The van der Waals surface area contributed by atoms with Gasteiger partial charge in [0.25, 0.3) is 0 Å². The molecule has 2 saturated heterocycles. The third kappa shape index (κ3) is 1.15. The van der Waals surface area contributed by atoms with Crippen molar-refractivity contribution in [2.24, 2.45) is 5.92 Å². The number of hydrogen-bond acceptors (Lipinski definition) is 3. The average molecular weight is 203 g/mol. The highest BCUT2D eigenvalue weighted by atomic mass is 19.1. The molecule has 2 heterocycles. The highest BCUT2D eigenvalue weighted by molar-refractivity contribution is 5.82. The monoisotopic (exact) mass is 203 g/mol. The predicted octanol–water partition coefficient (Wildman–Crippen LogP) is 0.258. The van der Waals surface area contributed by atoms with Gasteiger partial charge in [0.2, 0.25) is 12.3 Å². The molecule has 14 heavy (non-hydrogen) atoms. The molecule has 3 atom stereocenters. The maximum Gasteiger partial charge on any atom is 0.230 e. The van der Waals surface area contributed by atoms with Crippen molar-refractivity contribution in [3.8, 4) is 0 Å². The second-order valence-corrected chi connectivity index (χ2v) is 4.31. The molecule has 0 bridgehead atoms. The lowest BCUT2D eigenvalue weighted by molar-refractivity contribution is -0.152. The zero-order valence-electron chi connectivity index (χ0n) is 8.24. The number of hydrogen-bond donors (Lipinski definition) is 1. The molecule has 2 rings (SSSR count). The summed E-state index contributed by atoms with van der Waals surface area (Å²) in [5.41, 5.74) is -0.884. The average Bonchev–Trinajstić information content (AvgIpc) is 2.51. The minimum atomic E-state index is -1.43. The molecule has 5 heteroatoms. The van der Waals surface area contributed by atoms with Crippen molar-refractivity contribution in [2.45, 2.75) is 38.4 Å². The van der Waals surface area contributed by atoms with Crippen LogP contribution in [0.1, 0.15) is 20.3 Å². The number of carbonyl (C=O) groups excluding carboxylic acids is 1. The molecule has 2 aliphatic rings. The Balaban J connectivity index is 2.27. The first kappa shape index (κ1) is 9.86. The smallest absolute Gasteiger partial charge is 0.230 e. The number of alkyl halides is 1. The molecule has 2 aliphatic heterocycles. The zero-order valence-corrected chi connectivity index (χ0v) is 8.24. The number of nitrogens with zero attached hydrogens (tertiary/aromatic N) is 1. The summed E-state index contributed by atoms with van der Waals surface area (Å²) >= 11 is 0. The highest BCUT2D eigenvalue weighted by Gasteiger charge is 2.56. The molecule has 0 spiro atoms. The van der Waals surface area contributed by atoms with Crippen LogP contribution in [0.25, 0.3) is 0 Å². The molecule has 0 radical (unpaired) electrons. The minimum absolute atomic E-state index is 0.206. The number of halogens is 1. The third-order valence-electron chi connectivity index (χ3n) is 2.95. The van der Waals surface area contributed by atoms with Gasteiger partial charge in [-0.25, -0.2) is 4.39 Å². The van der Waals surface area contributed by atoms with Gasteiger partial charge in [0.15, 0.2) is 0 Å². The first-order valence-corrected chi connectivity index (χ1v) is 4.73. The van der Waals surface area contributed by atoms with Gasteiger partial charge in [-0.15, -0.1) is 0 Å². The Bertz CT molecular complexity index is 269. The summed E-state index contributed by atoms with van der Waals surface area (Å²) in [5.74, 6) is -0.663. The maximum atomic E-state index is 13.4. The second-order valence-electron chi connectivity index (χ2n) is 4.31. The van der Waals surface area contributed by atoms with Crippen molar-refractivity contribution in [2.75, 3.05) is 6.61 Å². The first-order valence-electron chi connectivity index (χ1n) is 4.73. The summed E-state index contributed by atoms with van der Waals surface area (Å²) in [6.45, 7) is 3.11. The molecular weight excluding hydrogens is 189 g/mol. The Morgan fingerprint density at radius 2 is 2.36 bits per heavy atom. The molecule has 4 nitrogen and oxygen atoms in total. The number of rotatable bonds is 1. The number of ether oxygens (including phenoxy) is 1. The Morgan fingerprint density at radius 3 is 2.86 bits per heavy atom. The van der Waals surface area contributed by atoms with E-state index in [1.165, 1.54) is 4.90 Å². The van der Waals surface area contributed by atoms with Crippen molar-refractivity contribution < 1.29 is 19.0 Å². The Kier molecular flexibility index (Phi) is 2.04. The molecule has 0 aromatic heterocycles. The number of fused-ring (bicyclic) bond motifs is 1. The Labute approximate surface area is 81.6 Å². The normalized spacial score (nSPS) is 40.4. The van der Waals surface area contributed by atoms with Gasteiger partial charge in [-0.1, -0.05) is 0 Å². The van der Waals surface area contributed by atoms with Crippen LogP contribution in [0.15, 0.2) is 0 Å². The topological polar surface area (TPSA) is 49.8 Å². The molecule has 0 aromatic rings. The Morgan fingerprint density at radius 1 is 1.71 bits per heavy atom. The second kappa shape index (κ2) is 2.90. The standard InChI is InChI=1S/C9H14FNO3/c1-9(2)11-6(7(10)14-9)3-5(4-12)8(11)13/h5-7,12H,3-4H2,1-2H3. The lowest BCUT2D eigenvalue weighted by Gasteiger charge is -2.28. The summed E-state index contributed by atoms with van der Waals surface area (Å²) in [7, 11) is 0. The number of aliphatic hydroxyl groups is 1. The SMILES string of the molecule is CC1(C)OC(F)C2CC(CO)C(=O)N21. The van der Waals surface area contributed by atoms with Crippen LogP contribution in [0.3, 0.4) is 0 Å². The molecule has 2 fully saturated rings. The fourth-order valence-corrected chi connectivity index (χ4v) is 2.31. The van der Waals surface area contributed by atoms with Gasteiger partial charge in [0, 0.05) is 0 Å². The van der Waals surface area contributed by atoms with Gasteiger partial charge in [0.05, 0.1) is 18.6 Å². The molecule has 0 aliphatic carbocycles. The molecule has 0 aromatic carbocycles. The van der Waals surface area contributed by atoms with Gasteiger partial charge < -0.3 is 14.7 Å². The van der Waals surface area contributed by atoms with E-state index in [4.69, 9.17) is 9.84 Å². The number of carbonyl (C=O) groups is 1. The van der Waals surface area contributed by atoms with E-state index in [9.17, 15) is 9.18 Å². The summed E-state index contributed by atoms with van der Waals surface area (Å²) in [6, 6.07) is -0.519. The highest BCUT2D eigenvalue weighted by Crippen LogP contribution is 2.41. The predicted molar refractivity (Wildman–Crippen MR) is 45.9 cm³/mol. The molecule has 80 valence electrons. The Hall–Kier alpha value is -0.680. The fraction of sp³-hybridized carbons (Fsp3) is 0.889. The molecule has 1 N–H and O–H groups in total. The zero-order chi connectivity index (χ0) is 10.5. The van der Waals surface area contributed by atoms with Crippen LogP contribution in [0, 0.1) is 5.92 Å². The minimum Gasteiger partial charge on any atom is -0.396 e. The van der Waals surface area contributed by atoms with Crippen LogP contribution in [0.4, 0.5) is 4.39 Å². The van der Waals surface area contributed by atoms with Crippen molar-refractivity contribution >= 4 is 5.91 Å². The van der Waals surface area contributed by atoms with Gasteiger partial charge in [0.1, 0.15) is 5.72 Å². The van der Waals surface area contributed by atoms with Crippen LogP contribution in [-0.4, -0.2) is 40.6 Å². The van der Waals surface area contributed by atoms with Crippen LogP contribution >= 0.6 is 0 Å². The van der Waals surface area contributed by atoms with Crippen LogP contribution in [0.5, 0.6) is 0 Å². The molecule has 1 amide bonds. The molecular formula is C9H14FNO3. The van der Waals surface area contributed by atoms with E-state index in [1.807, 2.05) is 0 Å². The van der Waals surface area contributed by atoms with Gasteiger partial charge in [-0.3, -0.25) is 4.79 Å². The molecule has 3 unspecified atom stereocenters. The van der Waals surface area contributed by atoms with E-state index in [0.29, 0.717) is 6.42 Å². The van der Waals surface area contributed by atoms with E-state index in [2.05, 4.69) is 0 Å². The van der Waals surface area contributed by atoms with E-state index in [-0.39, 0.29) is 12.5 Å². The van der Waals surface area contributed by atoms with Crippen LogP contribution in [0.2, 0.25) is 0 Å².